The summed E-state index contributed by atoms with van der Waals surface area (Å²) in [5, 5.41) is 2.86. The Hall–Kier alpha value is -2.15. The molecule has 2 amide bonds. The van der Waals surface area contributed by atoms with Crippen LogP contribution < -0.4 is 10.0 Å². The molecule has 226 valence electrons. The summed E-state index contributed by atoms with van der Waals surface area (Å²) in [6, 6.07) is 5.83. The molecule has 0 saturated heterocycles. The van der Waals surface area contributed by atoms with Crippen molar-refractivity contribution in [2.24, 2.45) is 11.8 Å². The van der Waals surface area contributed by atoms with Crippen molar-refractivity contribution >= 4 is 39.5 Å². The van der Waals surface area contributed by atoms with Crippen molar-refractivity contribution in [3.05, 3.63) is 24.3 Å². The Labute approximate surface area is 239 Å². The molecule has 0 aromatic heterocycles. The van der Waals surface area contributed by atoms with Crippen LogP contribution in [0, 0.1) is 11.8 Å². The maximum atomic E-state index is 13.4. The molecule has 2 saturated carbocycles. The van der Waals surface area contributed by atoms with Gasteiger partial charge in [-0.1, -0.05) is 0 Å². The second kappa shape index (κ2) is 13.2. The molecule has 40 heavy (non-hydrogen) atoms. The summed E-state index contributed by atoms with van der Waals surface area (Å²) < 4.78 is 68.0. The van der Waals surface area contributed by atoms with E-state index in [1.165, 1.54) is 12.1 Å². The van der Waals surface area contributed by atoms with Gasteiger partial charge in [-0.2, -0.15) is 13.2 Å². The quantitative estimate of drug-likeness (QED) is 0.326. The molecule has 0 unspecified atom stereocenters. The van der Waals surface area contributed by atoms with Gasteiger partial charge in [-0.3, -0.25) is 9.52 Å². The normalized spacial score (nSPS) is 21.2. The average Bonchev–Trinajstić information content (AvgIpc) is 2.78. The van der Waals surface area contributed by atoms with Crippen LogP contribution in [0.15, 0.2) is 29.2 Å². The maximum Gasteiger partial charge on any atom is 0.408 e. The van der Waals surface area contributed by atoms with Gasteiger partial charge in [0.25, 0.3) is 0 Å². The molecule has 0 aliphatic heterocycles. The highest BCUT2D eigenvalue weighted by atomic mass is 32.2. The number of alkyl carbamates (subject to hydrolysis) is 1. The third kappa shape index (κ3) is 10.4. The fraction of sp³-hybridized carbons (Fsp3) is 0.704. The van der Waals surface area contributed by atoms with E-state index in [-0.39, 0.29) is 23.6 Å². The molecule has 3 rings (SSSR count). The van der Waals surface area contributed by atoms with Gasteiger partial charge < -0.3 is 15.0 Å². The average molecular weight is 608 g/mol. The molecule has 0 spiro atoms. The zero-order chi connectivity index (χ0) is 29.7. The van der Waals surface area contributed by atoms with Gasteiger partial charge in [0.2, 0.25) is 15.9 Å². The minimum absolute atomic E-state index is 0.00722. The number of amides is 2. The van der Waals surface area contributed by atoms with Gasteiger partial charge in [-0.05, 0) is 102 Å². The van der Waals surface area contributed by atoms with Gasteiger partial charge in [0.15, 0.2) is 5.75 Å². The molecule has 1 atom stereocenters. The first kappa shape index (κ1) is 32.4. The first-order valence-corrected chi connectivity index (χ1v) is 16.2. The van der Waals surface area contributed by atoms with E-state index in [1.54, 1.807) is 49.6 Å². The molecule has 0 bridgehead atoms. The minimum Gasteiger partial charge on any atom is -0.444 e. The van der Waals surface area contributed by atoms with E-state index >= 15 is 0 Å². The van der Waals surface area contributed by atoms with E-state index < -0.39 is 39.7 Å². The Kier molecular flexibility index (Phi) is 10.7. The third-order valence-corrected chi connectivity index (χ3v) is 9.74. The largest absolute Gasteiger partial charge is 0.444 e. The predicted molar refractivity (Wildman–Crippen MR) is 150 cm³/mol. The Balaban J connectivity index is 1.52. The van der Waals surface area contributed by atoms with Crippen molar-refractivity contribution in [1.29, 1.82) is 0 Å². The minimum atomic E-state index is -4.81. The van der Waals surface area contributed by atoms with Gasteiger partial charge in [0.05, 0.1) is 0 Å². The van der Waals surface area contributed by atoms with Crippen molar-refractivity contribution in [2.45, 2.75) is 94.5 Å². The Morgan fingerprint density at radius 2 is 1.65 bits per heavy atom. The summed E-state index contributed by atoms with van der Waals surface area (Å²) in [6.45, 7) is 5.35. The van der Waals surface area contributed by atoms with Crippen LogP contribution >= 0.6 is 11.8 Å². The molecule has 8 nitrogen and oxygen atoms in total. The summed E-state index contributed by atoms with van der Waals surface area (Å²) in [5.41, 5.74) is -0.591. The Bertz CT molecular complexity index is 1110. The first-order chi connectivity index (χ1) is 18.5. The number of likely N-dealkylation sites (N-methyl/N-ethyl adjacent to an activating group) is 1. The highest BCUT2D eigenvalue weighted by Crippen LogP contribution is 2.36. The van der Waals surface area contributed by atoms with Crippen molar-refractivity contribution in [2.75, 3.05) is 23.3 Å². The number of carbonyl (C=O) groups is 2. The SMILES string of the molecule is CN(C(=O)[C@@H](NC(=O)OC(C)(C)C)C1CCC(CSc2ccc(NS(=O)(=O)CC(F)(F)F)cc2)CC1)C1CCC1. The zero-order valence-corrected chi connectivity index (χ0v) is 25.1. The maximum absolute atomic E-state index is 13.4. The number of hydrogen-bond acceptors (Lipinski definition) is 6. The van der Waals surface area contributed by atoms with E-state index in [2.05, 4.69) is 5.32 Å². The molecule has 0 radical (unpaired) electrons. The van der Waals surface area contributed by atoms with Crippen LogP contribution in [0.3, 0.4) is 0 Å². The van der Waals surface area contributed by atoms with Gasteiger partial charge in [0.1, 0.15) is 11.6 Å². The van der Waals surface area contributed by atoms with E-state index in [0.29, 0.717) is 5.92 Å². The molecule has 2 fully saturated rings. The van der Waals surface area contributed by atoms with Crippen LogP contribution in [0.2, 0.25) is 0 Å². The van der Waals surface area contributed by atoms with Crippen LogP contribution in [0.1, 0.15) is 65.7 Å². The topological polar surface area (TPSA) is 105 Å². The Morgan fingerprint density at radius 1 is 1.05 bits per heavy atom. The second-order valence-corrected chi connectivity index (χ2v) is 14.6. The van der Waals surface area contributed by atoms with Gasteiger partial charge in [0, 0.05) is 29.4 Å². The lowest BCUT2D eigenvalue weighted by Gasteiger charge is -2.40. The van der Waals surface area contributed by atoms with E-state index in [0.717, 1.165) is 55.6 Å². The molecule has 2 aliphatic carbocycles. The molecule has 13 heteroatoms. The van der Waals surface area contributed by atoms with Gasteiger partial charge in [-0.15, -0.1) is 11.8 Å². The second-order valence-electron chi connectivity index (χ2n) is 11.8. The fourth-order valence-corrected chi connectivity index (χ4v) is 7.03. The van der Waals surface area contributed by atoms with Crippen LogP contribution in [-0.2, 0) is 19.6 Å². The number of sulfonamides is 1. The molecular weight excluding hydrogens is 567 g/mol. The monoisotopic (exact) mass is 607 g/mol. The van der Waals surface area contributed by atoms with E-state index in [9.17, 15) is 31.2 Å². The first-order valence-electron chi connectivity index (χ1n) is 13.6. The lowest BCUT2D eigenvalue weighted by atomic mass is 9.78. The zero-order valence-electron chi connectivity index (χ0n) is 23.4. The number of nitrogens with one attached hydrogen (secondary N) is 2. The van der Waals surface area contributed by atoms with Crippen LogP contribution in [0.5, 0.6) is 0 Å². The standard InChI is InChI=1S/C27H40F3N3O5S2/c1-26(2,3)38-25(35)31-23(24(34)33(4)21-6-5-7-21)19-10-8-18(9-11-19)16-39-22-14-12-20(13-15-22)32-40(36,37)17-27(28,29)30/h12-15,18-19,21,23,32H,5-11,16-17H2,1-4H3,(H,31,35)/t18?,19?,23-/m0/s1. The third-order valence-electron chi connectivity index (χ3n) is 7.24. The number of benzene rings is 1. The highest BCUT2D eigenvalue weighted by molar-refractivity contribution is 7.99. The number of thioether (sulfide) groups is 1. The van der Waals surface area contributed by atoms with Crippen molar-refractivity contribution < 1.29 is 35.9 Å². The van der Waals surface area contributed by atoms with Crippen LogP contribution in [-0.4, -0.2) is 67.7 Å². The molecular formula is C27H40F3N3O5S2. The van der Waals surface area contributed by atoms with Crippen molar-refractivity contribution in [3.8, 4) is 0 Å². The predicted octanol–water partition coefficient (Wildman–Crippen LogP) is 5.79. The number of anilines is 1. The summed E-state index contributed by atoms with van der Waals surface area (Å²) in [6.07, 6.45) is 1.01. The van der Waals surface area contributed by atoms with Crippen LogP contribution in [0.25, 0.3) is 0 Å². The molecule has 1 aromatic rings. The number of halogens is 3. The lowest BCUT2D eigenvalue weighted by molar-refractivity contribution is -0.137. The van der Waals surface area contributed by atoms with E-state index in [1.807, 2.05) is 11.8 Å². The summed E-state index contributed by atoms with van der Waals surface area (Å²) in [7, 11) is -2.71. The van der Waals surface area contributed by atoms with Crippen LogP contribution in [0.4, 0.5) is 23.7 Å². The number of ether oxygens (including phenoxy) is 1. The van der Waals surface area contributed by atoms with Crippen molar-refractivity contribution in [1.82, 2.24) is 10.2 Å². The number of hydrogen-bond donors (Lipinski definition) is 2. The molecule has 2 N–H and O–H groups in total. The number of alkyl halides is 3. The summed E-state index contributed by atoms with van der Waals surface area (Å²) in [4.78, 5) is 28.6. The van der Waals surface area contributed by atoms with Gasteiger partial charge in [-0.25, -0.2) is 13.2 Å². The number of carbonyl (C=O) groups excluding carboxylic acids is 2. The smallest absolute Gasteiger partial charge is 0.408 e. The summed E-state index contributed by atoms with van der Waals surface area (Å²) >= 11 is 1.59. The fourth-order valence-electron chi connectivity index (χ4n) is 4.94. The van der Waals surface area contributed by atoms with Crippen molar-refractivity contribution in [3.63, 3.8) is 0 Å². The highest BCUT2D eigenvalue weighted by Gasteiger charge is 2.38. The Morgan fingerprint density at radius 3 is 2.15 bits per heavy atom. The number of rotatable bonds is 10. The molecule has 1 aromatic carbocycles. The molecule has 2 aliphatic rings. The lowest BCUT2D eigenvalue weighted by Crippen LogP contribution is -2.55. The number of nitrogens with zero attached hydrogens (tertiary/aromatic N) is 1. The van der Waals surface area contributed by atoms with Gasteiger partial charge >= 0.3 is 12.3 Å². The summed E-state index contributed by atoms with van der Waals surface area (Å²) in [5.74, 6) is -0.790. The van der Waals surface area contributed by atoms with E-state index in [4.69, 9.17) is 4.74 Å². The molecule has 0 heterocycles.